The molecule has 4 rings (SSSR count). The SMILES string of the molecule is Cc1cc(COc2ccc3c(=O)c(-c4c(F)cccc4Cl)c(C)oc3c2)on1. The molecule has 0 atom stereocenters. The second-order valence-corrected chi connectivity index (χ2v) is 6.75. The summed E-state index contributed by atoms with van der Waals surface area (Å²) in [7, 11) is 0. The first kappa shape index (κ1) is 18.3. The van der Waals surface area contributed by atoms with Gasteiger partial charge in [-0.25, -0.2) is 4.39 Å². The zero-order valence-electron chi connectivity index (χ0n) is 15.1. The molecule has 0 aliphatic heterocycles. The normalized spacial score (nSPS) is 11.1. The quantitative estimate of drug-likeness (QED) is 0.457. The highest BCUT2D eigenvalue weighted by atomic mass is 35.5. The molecule has 28 heavy (non-hydrogen) atoms. The minimum atomic E-state index is -0.579. The van der Waals surface area contributed by atoms with Gasteiger partial charge in [-0.1, -0.05) is 22.8 Å². The molecule has 0 unspecified atom stereocenters. The summed E-state index contributed by atoms with van der Waals surface area (Å²) in [6.45, 7) is 3.61. The Morgan fingerprint density at radius 2 is 1.96 bits per heavy atom. The monoisotopic (exact) mass is 399 g/mol. The molecular formula is C21H15ClFNO4. The number of rotatable bonds is 4. The van der Waals surface area contributed by atoms with Crippen LogP contribution >= 0.6 is 11.6 Å². The summed E-state index contributed by atoms with van der Waals surface area (Å²) >= 11 is 6.13. The van der Waals surface area contributed by atoms with Crippen molar-refractivity contribution in [3.05, 3.63) is 80.7 Å². The largest absolute Gasteiger partial charge is 0.485 e. The number of aryl methyl sites for hydroxylation is 2. The van der Waals surface area contributed by atoms with E-state index in [2.05, 4.69) is 5.16 Å². The standard InChI is InChI=1S/C21H15ClFNO4/c1-11-8-14(28-24-11)10-26-13-6-7-15-18(9-13)27-12(2)19(21(15)25)20-16(22)4-3-5-17(20)23/h3-9H,10H2,1-2H3. The van der Waals surface area contributed by atoms with Crippen molar-refractivity contribution in [2.75, 3.05) is 0 Å². The molecule has 2 aromatic heterocycles. The predicted octanol–water partition coefficient (Wildman–Crippen LogP) is 5.44. The number of halogens is 2. The second-order valence-electron chi connectivity index (χ2n) is 6.34. The summed E-state index contributed by atoms with van der Waals surface area (Å²) in [4.78, 5) is 13.0. The molecule has 0 spiro atoms. The lowest BCUT2D eigenvalue weighted by molar-refractivity contribution is 0.249. The van der Waals surface area contributed by atoms with Gasteiger partial charge in [0.05, 0.1) is 21.7 Å². The molecule has 0 N–H and O–H groups in total. The van der Waals surface area contributed by atoms with Gasteiger partial charge in [0, 0.05) is 17.7 Å². The predicted molar refractivity (Wildman–Crippen MR) is 103 cm³/mol. The molecule has 5 nitrogen and oxygen atoms in total. The van der Waals surface area contributed by atoms with Crippen molar-refractivity contribution in [3.63, 3.8) is 0 Å². The Kier molecular flexibility index (Phi) is 4.65. The third-order valence-corrected chi connectivity index (χ3v) is 4.63. The molecule has 142 valence electrons. The highest BCUT2D eigenvalue weighted by Crippen LogP contribution is 2.32. The van der Waals surface area contributed by atoms with E-state index in [1.54, 1.807) is 31.2 Å². The van der Waals surface area contributed by atoms with Gasteiger partial charge < -0.3 is 13.7 Å². The van der Waals surface area contributed by atoms with Gasteiger partial charge >= 0.3 is 0 Å². The van der Waals surface area contributed by atoms with Crippen LogP contribution in [0.4, 0.5) is 4.39 Å². The van der Waals surface area contributed by atoms with Crippen molar-refractivity contribution in [2.24, 2.45) is 0 Å². The Bertz CT molecular complexity index is 1220. The third kappa shape index (κ3) is 3.27. The lowest BCUT2D eigenvalue weighted by Crippen LogP contribution is -2.09. The first-order chi connectivity index (χ1) is 13.4. The molecule has 7 heteroatoms. The molecule has 0 saturated heterocycles. The minimum absolute atomic E-state index is 0.0401. The van der Waals surface area contributed by atoms with Crippen molar-refractivity contribution in [3.8, 4) is 16.9 Å². The summed E-state index contributed by atoms with van der Waals surface area (Å²) < 4.78 is 30.9. The molecular weight excluding hydrogens is 385 g/mol. The zero-order chi connectivity index (χ0) is 19.8. The topological polar surface area (TPSA) is 65.5 Å². The molecule has 0 saturated carbocycles. The van der Waals surface area contributed by atoms with Gasteiger partial charge in [0.15, 0.2) is 5.76 Å². The van der Waals surface area contributed by atoms with Gasteiger partial charge in [-0.15, -0.1) is 0 Å². The van der Waals surface area contributed by atoms with Crippen LogP contribution in [0.3, 0.4) is 0 Å². The first-order valence-corrected chi connectivity index (χ1v) is 8.88. The minimum Gasteiger partial charge on any atom is -0.485 e. The molecule has 0 fully saturated rings. The van der Waals surface area contributed by atoms with Crippen LogP contribution in [0.15, 0.2) is 56.2 Å². The molecule has 0 aliphatic carbocycles. The lowest BCUT2D eigenvalue weighted by atomic mass is 10.0. The maximum absolute atomic E-state index is 14.3. The summed E-state index contributed by atoms with van der Waals surface area (Å²) in [5.41, 5.74) is 0.894. The van der Waals surface area contributed by atoms with Crippen LogP contribution in [-0.2, 0) is 6.61 Å². The van der Waals surface area contributed by atoms with E-state index in [1.807, 2.05) is 6.92 Å². The number of aromatic nitrogens is 1. The van der Waals surface area contributed by atoms with Crippen LogP contribution in [0, 0.1) is 19.7 Å². The average molecular weight is 400 g/mol. The number of hydrogen-bond donors (Lipinski definition) is 0. The zero-order valence-corrected chi connectivity index (χ0v) is 15.8. The molecule has 0 aliphatic rings. The van der Waals surface area contributed by atoms with Crippen molar-refractivity contribution in [1.82, 2.24) is 5.16 Å². The summed E-state index contributed by atoms with van der Waals surface area (Å²) in [6.07, 6.45) is 0. The van der Waals surface area contributed by atoms with Gasteiger partial charge in [0.2, 0.25) is 5.43 Å². The Hall–Kier alpha value is -3.12. The fraction of sp³-hybridized carbons (Fsp3) is 0.143. The van der Waals surface area contributed by atoms with E-state index in [4.69, 9.17) is 25.3 Å². The van der Waals surface area contributed by atoms with Crippen LogP contribution in [-0.4, -0.2) is 5.16 Å². The second kappa shape index (κ2) is 7.13. The van der Waals surface area contributed by atoms with Crippen LogP contribution in [0.2, 0.25) is 5.02 Å². The molecule has 0 radical (unpaired) electrons. The van der Waals surface area contributed by atoms with Crippen LogP contribution in [0.5, 0.6) is 5.75 Å². The van der Waals surface area contributed by atoms with E-state index in [9.17, 15) is 9.18 Å². The summed E-state index contributed by atoms with van der Waals surface area (Å²) in [5, 5.41) is 4.26. The molecule has 0 bridgehead atoms. The number of ether oxygens (including phenoxy) is 1. The lowest BCUT2D eigenvalue weighted by Gasteiger charge is -2.10. The maximum Gasteiger partial charge on any atom is 0.200 e. The van der Waals surface area contributed by atoms with E-state index >= 15 is 0 Å². The van der Waals surface area contributed by atoms with E-state index in [0.29, 0.717) is 22.5 Å². The van der Waals surface area contributed by atoms with Crippen LogP contribution in [0.25, 0.3) is 22.1 Å². The van der Waals surface area contributed by atoms with Crippen LogP contribution < -0.4 is 10.2 Å². The van der Waals surface area contributed by atoms with E-state index < -0.39 is 5.82 Å². The molecule has 2 heterocycles. The molecule has 2 aromatic carbocycles. The summed E-state index contributed by atoms with van der Waals surface area (Å²) in [6, 6.07) is 10.9. The number of fused-ring (bicyclic) bond motifs is 1. The number of benzene rings is 2. The molecule has 4 aromatic rings. The number of hydrogen-bond acceptors (Lipinski definition) is 5. The van der Waals surface area contributed by atoms with Crippen molar-refractivity contribution >= 4 is 22.6 Å². The van der Waals surface area contributed by atoms with Crippen molar-refractivity contribution < 1.29 is 18.1 Å². The van der Waals surface area contributed by atoms with Crippen molar-refractivity contribution in [2.45, 2.75) is 20.5 Å². The van der Waals surface area contributed by atoms with E-state index in [1.165, 1.54) is 18.2 Å². The van der Waals surface area contributed by atoms with Gasteiger partial charge in [0.1, 0.15) is 29.5 Å². The van der Waals surface area contributed by atoms with E-state index in [-0.39, 0.29) is 33.9 Å². The Labute approximate surface area is 164 Å². The third-order valence-electron chi connectivity index (χ3n) is 4.31. The number of nitrogens with zero attached hydrogens (tertiary/aromatic N) is 1. The van der Waals surface area contributed by atoms with Gasteiger partial charge in [-0.3, -0.25) is 4.79 Å². The fourth-order valence-electron chi connectivity index (χ4n) is 3.04. The van der Waals surface area contributed by atoms with Gasteiger partial charge in [-0.05, 0) is 38.1 Å². The Morgan fingerprint density at radius 1 is 1.14 bits per heavy atom. The van der Waals surface area contributed by atoms with Crippen molar-refractivity contribution in [1.29, 1.82) is 0 Å². The first-order valence-electron chi connectivity index (χ1n) is 8.51. The van der Waals surface area contributed by atoms with E-state index in [0.717, 1.165) is 5.69 Å². The fourth-order valence-corrected chi connectivity index (χ4v) is 3.30. The van der Waals surface area contributed by atoms with Crippen LogP contribution in [0.1, 0.15) is 17.2 Å². The smallest absolute Gasteiger partial charge is 0.200 e. The highest BCUT2D eigenvalue weighted by Gasteiger charge is 2.19. The molecule has 0 amide bonds. The summed E-state index contributed by atoms with van der Waals surface area (Å²) in [5.74, 6) is 0.776. The average Bonchev–Trinajstić information content (AvgIpc) is 3.07. The Balaban J connectivity index is 1.75. The Morgan fingerprint density at radius 3 is 2.68 bits per heavy atom. The van der Waals surface area contributed by atoms with Gasteiger partial charge in [-0.2, -0.15) is 0 Å². The highest BCUT2D eigenvalue weighted by molar-refractivity contribution is 6.33. The van der Waals surface area contributed by atoms with Gasteiger partial charge in [0.25, 0.3) is 0 Å². The maximum atomic E-state index is 14.3.